The van der Waals surface area contributed by atoms with E-state index in [0.717, 1.165) is 0 Å². The van der Waals surface area contributed by atoms with Crippen LogP contribution in [0, 0.1) is 6.92 Å². The zero-order valence-corrected chi connectivity index (χ0v) is 17.2. The van der Waals surface area contributed by atoms with Crippen molar-refractivity contribution in [3.05, 3.63) is 67.8 Å². The molecule has 0 bridgehead atoms. The third kappa shape index (κ3) is 4.59. The molecule has 0 aliphatic heterocycles. The van der Waals surface area contributed by atoms with E-state index in [2.05, 4.69) is 15.6 Å². The number of anilines is 1. The maximum atomic E-state index is 12.1. The van der Waals surface area contributed by atoms with Gasteiger partial charge in [-0.05, 0) is 31.2 Å². The van der Waals surface area contributed by atoms with Gasteiger partial charge >= 0.3 is 6.09 Å². The van der Waals surface area contributed by atoms with Gasteiger partial charge in [0.25, 0.3) is 0 Å². The van der Waals surface area contributed by atoms with Gasteiger partial charge in [0.2, 0.25) is 0 Å². The van der Waals surface area contributed by atoms with Crippen LogP contribution in [0.3, 0.4) is 0 Å². The number of carbonyl (C=O) groups is 1. The number of rotatable bonds is 4. The van der Waals surface area contributed by atoms with E-state index in [1.54, 1.807) is 43.3 Å². The Balaban J connectivity index is 1.76. The molecule has 0 aliphatic carbocycles. The molecule has 144 valence electrons. The van der Waals surface area contributed by atoms with Gasteiger partial charge in [-0.3, -0.25) is 10.2 Å². The van der Waals surface area contributed by atoms with Crippen molar-refractivity contribution in [1.82, 2.24) is 5.16 Å². The summed E-state index contributed by atoms with van der Waals surface area (Å²) < 4.78 is 5.16. The predicted molar refractivity (Wildman–Crippen MR) is 111 cm³/mol. The third-order valence-corrected chi connectivity index (χ3v) is 4.77. The standard InChI is InChI=1S/C18H11Cl4N3O3/c1-9-16(17(25-27-9)15-12(20)3-2-4-13(15)21)24-18(26)28-23-8-10-5-6-11(19)7-14(10)22/h2-8H,1H3,(H,24,26). The summed E-state index contributed by atoms with van der Waals surface area (Å²) in [6.07, 6.45) is 0.418. The number of halogens is 4. The van der Waals surface area contributed by atoms with E-state index in [1.807, 2.05) is 0 Å². The molecule has 0 radical (unpaired) electrons. The monoisotopic (exact) mass is 457 g/mol. The third-order valence-electron chi connectivity index (χ3n) is 3.58. The summed E-state index contributed by atoms with van der Waals surface area (Å²) in [5.74, 6) is 0.340. The van der Waals surface area contributed by atoms with Crippen molar-refractivity contribution in [2.45, 2.75) is 6.92 Å². The van der Waals surface area contributed by atoms with E-state index in [1.165, 1.54) is 6.21 Å². The lowest BCUT2D eigenvalue weighted by atomic mass is 10.1. The molecule has 0 atom stereocenters. The van der Waals surface area contributed by atoms with E-state index in [9.17, 15) is 4.79 Å². The second-order valence-electron chi connectivity index (χ2n) is 5.46. The van der Waals surface area contributed by atoms with Crippen LogP contribution in [-0.2, 0) is 4.84 Å². The van der Waals surface area contributed by atoms with Crippen molar-refractivity contribution >= 4 is 64.4 Å². The Morgan fingerprint density at radius 1 is 1.14 bits per heavy atom. The van der Waals surface area contributed by atoms with E-state index in [4.69, 9.17) is 55.8 Å². The highest BCUT2D eigenvalue weighted by Gasteiger charge is 2.21. The highest BCUT2D eigenvalue weighted by Crippen LogP contribution is 2.39. The van der Waals surface area contributed by atoms with Crippen LogP contribution in [0.5, 0.6) is 0 Å². The fourth-order valence-electron chi connectivity index (χ4n) is 2.28. The van der Waals surface area contributed by atoms with Crippen molar-refractivity contribution in [2.75, 3.05) is 5.32 Å². The highest BCUT2D eigenvalue weighted by molar-refractivity contribution is 6.39. The molecule has 10 heteroatoms. The van der Waals surface area contributed by atoms with Gasteiger partial charge in [0.05, 0.1) is 21.3 Å². The van der Waals surface area contributed by atoms with Gasteiger partial charge < -0.3 is 4.52 Å². The lowest BCUT2D eigenvalue weighted by molar-refractivity contribution is 0.167. The molecular weight excluding hydrogens is 448 g/mol. The first-order valence-electron chi connectivity index (χ1n) is 7.74. The smallest absolute Gasteiger partial charge is 0.359 e. The summed E-state index contributed by atoms with van der Waals surface area (Å²) in [7, 11) is 0. The normalized spacial score (nSPS) is 11.0. The SMILES string of the molecule is Cc1onc(-c2c(Cl)cccc2Cl)c1NC(=O)ON=Cc1ccc(Cl)cc1Cl. The number of oxime groups is 1. The molecule has 1 amide bonds. The topological polar surface area (TPSA) is 76.7 Å². The summed E-state index contributed by atoms with van der Waals surface area (Å²) in [6, 6.07) is 9.81. The molecule has 0 aliphatic rings. The van der Waals surface area contributed by atoms with Crippen LogP contribution in [0.15, 0.2) is 46.1 Å². The van der Waals surface area contributed by atoms with Crippen LogP contribution < -0.4 is 5.32 Å². The number of nitrogens with one attached hydrogen (secondary N) is 1. The fourth-order valence-corrected chi connectivity index (χ4v) is 3.31. The minimum Gasteiger partial charge on any atom is -0.359 e. The van der Waals surface area contributed by atoms with Crippen LogP contribution >= 0.6 is 46.4 Å². The summed E-state index contributed by atoms with van der Waals surface area (Å²) in [5.41, 5.74) is 1.49. The Bertz CT molecular complexity index is 1050. The van der Waals surface area contributed by atoms with Gasteiger partial charge in [0.15, 0.2) is 5.76 Å². The number of hydrogen-bond acceptors (Lipinski definition) is 5. The van der Waals surface area contributed by atoms with Crippen molar-refractivity contribution in [3.8, 4) is 11.3 Å². The van der Waals surface area contributed by atoms with E-state index >= 15 is 0 Å². The molecule has 3 aromatic rings. The number of hydrogen-bond donors (Lipinski definition) is 1. The summed E-state index contributed by atoms with van der Waals surface area (Å²) in [4.78, 5) is 16.9. The molecule has 1 N–H and O–H groups in total. The Labute approximate surface area is 179 Å². The molecular formula is C18H11Cl4N3O3. The highest BCUT2D eigenvalue weighted by atomic mass is 35.5. The fraction of sp³-hybridized carbons (Fsp3) is 0.0556. The maximum Gasteiger partial charge on any atom is 0.438 e. The average molecular weight is 459 g/mol. The molecule has 2 aromatic carbocycles. The van der Waals surface area contributed by atoms with Gasteiger partial charge in [-0.25, -0.2) is 4.79 Å². The first-order valence-corrected chi connectivity index (χ1v) is 9.25. The zero-order chi connectivity index (χ0) is 20.3. The van der Waals surface area contributed by atoms with Crippen molar-refractivity contribution in [1.29, 1.82) is 0 Å². The number of carbonyl (C=O) groups excluding carboxylic acids is 1. The second kappa shape index (κ2) is 8.84. The number of benzene rings is 2. The molecule has 3 rings (SSSR count). The maximum absolute atomic E-state index is 12.1. The van der Waals surface area contributed by atoms with Crippen molar-refractivity contribution < 1.29 is 14.2 Å². The summed E-state index contributed by atoms with van der Waals surface area (Å²) in [6.45, 7) is 1.62. The molecule has 0 unspecified atom stereocenters. The first-order chi connectivity index (χ1) is 13.4. The Morgan fingerprint density at radius 2 is 1.86 bits per heavy atom. The van der Waals surface area contributed by atoms with Crippen molar-refractivity contribution in [2.24, 2.45) is 5.16 Å². The Hall–Kier alpha value is -2.25. The molecule has 0 spiro atoms. The molecule has 0 saturated carbocycles. The molecule has 28 heavy (non-hydrogen) atoms. The van der Waals surface area contributed by atoms with Crippen molar-refractivity contribution in [3.63, 3.8) is 0 Å². The average Bonchev–Trinajstić information content (AvgIpc) is 2.97. The Morgan fingerprint density at radius 3 is 2.54 bits per heavy atom. The van der Waals surface area contributed by atoms with Crippen LogP contribution in [0.25, 0.3) is 11.3 Å². The summed E-state index contributed by atoms with van der Waals surface area (Å²) >= 11 is 24.3. The van der Waals surface area contributed by atoms with E-state index in [0.29, 0.717) is 37.0 Å². The first kappa shape index (κ1) is 20.5. The molecule has 1 heterocycles. The van der Waals surface area contributed by atoms with Crippen LogP contribution in [0.2, 0.25) is 20.1 Å². The quantitative estimate of drug-likeness (QED) is 0.263. The van der Waals surface area contributed by atoms with Crippen LogP contribution in [0.4, 0.5) is 10.5 Å². The predicted octanol–water partition coefficient (Wildman–Crippen LogP) is 6.85. The number of aryl methyl sites for hydroxylation is 1. The van der Waals surface area contributed by atoms with E-state index < -0.39 is 6.09 Å². The van der Waals surface area contributed by atoms with Gasteiger partial charge in [-0.2, -0.15) is 0 Å². The molecule has 6 nitrogen and oxygen atoms in total. The molecule has 1 aromatic heterocycles. The largest absolute Gasteiger partial charge is 0.438 e. The van der Waals surface area contributed by atoms with Gasteiger partial charge in [0.1, 0.15) is 11.4 Å². The minimum absolute atomic E-state index is 0.264. The number of amides is 1. The number of nitrogens with zero attached hydrogens (tertiary/aromatic N) is 2. The lowest BCUT2D eigenvalue weighted by Crippen LogP contribution is -2.12. The second-order valence-corrected chi connectivity index (χ2v) is 7.12. The molecule has 0 saturated heterocycles. The van der Waals surface area contributed by atoms with Gasteiger partial charge in [-0.15, -0.1) is 0 Å². The van der Waals surface area contributed by atoms with Crippen LogP contribution in [0.1, 0.15) is 11.3 Å². The Kier molecular flexibility index (Phi) is 6.46. The van der Waals surface area contributed by atoms with Gasteiger partial charge in [-0.1, -0.05) is 68.8 Å². The van der Waals surface area contributed by atoms with E-state index in [-0.39, 0.29) is 11.4 Å². The molecule has 0 fully saturated rings. The van der Waals surface area contributed by atoms with Crippen LogP contribution in [-0.4, -0.2) is 17.5 Å². The van der Waals surface area contributed by atoms with Gasteiger partial charge in [0, 0.05) is 16.1 Å². The number of aromatic nitrogens is 1. The zero-order valence-electron chi connectivity index (χ0n) is 14.2. The minimum atomic E-state index is -0.864. The lowest BCUT2D eigenvalue weighted by Gasteiger charge is -2.07. The summed E-state index contributed by atoms with van der Waals surface area (Å²) in [5, 5.41) is 11.6.